The number of hydrogen-bond acceptors (Lipinski definition) is 3. The second-order valence-corrected chi connectivity index (χ2v) is 4.77. The number of nitrogens with two attached hydrogens (primary N) is 1. The monoisotopic (exact) mass is 273 g/mol. The van der Waals surface area contributed by atoms with Crippen molar-refractivity contribution < 1.29 is 9.60 Å². The topological polar surface area (TPSA) is 61.8 Å². The van der Waals surface area contributed by atoms with E-state index < -0.39 is 0 Å². The molecule has 1 aromatic carbocycles. The van der Waals surface area contributed by atoms with Gasteiger partial charge in [-0.15, -0.1) is 0 Å². The zero-order valence-corrected chi connectivity index (χ0v) is 11.2. The molecular formula is C12H17ClFN3O. The fourth-order valence-corrected chi connectivity index (χ4v) is 1.86. The number of amidine groups is 1. The highest BCUT2D eigenvalue weighted by molar-refractivity contribution is 6.31. The van der Waals surface area contributed by atoms with Crippen molar-refractivity contribution in [1.82, 2.24) is 4.90 Å². The van der Waals surface area contributed by atoms with Gasteiger partial charge in [0.2, 0.25) is 0 Å². The average molecular weight is 274 g/mol. The van der Waals surface area contributed by atoms with Crippen LogP contribution in [-0.2, 0) is 6.54 Å². The van der Waals surface area contributed by atoms with Gasteiger partial charge in [-0.3, -0.25) is 0 Å². The lowest BCUT2D eigenvalue weighted by Crippen LogP contribution is -2.32. The molecule has 0 spiro atoms. The summed E-state index contributed by atoms with van der Waals surface area (Å²) in [6, 6.07) is 4.27. The van der Waals surface area contributed by atoms with Crippen LogP contribution in [0.4, 0.5) is 4.39 Å². The van der Waals surface area contributed by atoms with Crippen LogP contribution in [0.15, 0.2) is 23.4 Å². The first-order valence-corrected chi connectivity index (χ1v) is 5.91. The molecular weight excluding hydrogens is 257 g/mol. The fraction of sp³-hybridized carbons (Fsp3) is 0.417. The highest BCUT2D eigenvalue weighted by Crippen LogP contribution is 2.18. The molecule has 6 heteroatoms. The van der Waals surface area contributed by atoms with Crippen LogP contribution in [0.2, 0.25) is 5.02 Å². The minimum Gasteiger partial charge on any atom is -0.409 e. The summed E-state index contributed by atoms with van der Waals surface area (Å²) in [5.74, 6) is -0.230. The van der Waals surface area contributed by atoms with Crippen LogP contribution < -0.4 is 5.73 Å². The summed E-state index contributed by atoms with van der Waals surface area (Å²) in [4.78, 5) is 1.93. The molecule has 0 heterocycles. The third-order valence-corrected chi connectivity index (χ3v) is 3.02. The van der Waals surface area contributed by atoms with Crippen LogP contribution in [0.25, 0.3) is 0 Å². The van der Waals surface area contributed by atoms with Crippen LogP contribution in [0.3, 0.4) is 0 Å². The Morgan fingerprint density at radius 3 is 2.89 bits per heavy atom. The molecule has 18 heavy (non-hydrogen) atoms. The molecule has 1 rings (SSSR count). The van der Waals surface area contributed by atoms with E-state index in [9.17, 15) is 4.39 Å². The Kier molecular flexibility index (Phi) is 5.37. The third kappa shape index (κ3) is 4.16. The lowest BCUT2D eigenvalue weighted by molar-refractivity contribution is 0.290. The maximum absolute atomic E-state index is 13.1. The largest absolute Gasteiger partial charge is 0.409 e. The number of oxime groups is 1. The molecule has 0 aromatic heterocycles. The van der Waals surface area contributed by atoms with Gasteiger partial charge in [0, 0.05) is 24.0 Å². The maximum Gasteiger partial charge on any atom is 0.143 e. The van der Waals surface area contributed by atoms with Gasteiger partial charge >= 0.3 is 0 Å². The van der Waals surface area contributed by atoms with E-state index in [-0.39, 0.29) is 17.6 Å². The lowest BCUT2D eigenvalue weighted by atomic mass is 10.1. The summed E-state index contributed by atoms with van der Waals surface area (Å²) in [6.45, 7) is 2.93. The molecule has 1 unspecified atom stereocenters. The molecule has 0 aliphatic rings. The van der Waals surface area contributed by atoms with E-state index in [2.05, 4.69) is 5.16 Å². The van der Waals surface area contributed by atoms with E-state index in [4.69, 9.17) is 22.5 Å². The van der Waals surface area contributed by atoms with Gasteiger partial charge in [0.1, 0.15) is 11.7 Å². The van der Waals surface area contributed by atoms with Gasteiger partial charge in [-0.05, 0) is 30.8 Å². The van der Waals surface area contributed by atoms with Crippen LogP contribution >= 0.6 is 11.6 Å². The summed E-state index contributed by atoms with van der Waals surface area (Å²) < 4.78 is 13.1. The number of halogens is 2. The normalized spacial score (nSPS) is 13.9. The van der Waals surface area contributed by atoms with Crippen molar-refractivity contribution >= 4 is 17.4 Å². The molecule has 0 aliphatic heterocycles. The molecule has 3 N–H and O–H groups in total. The molecule has 0 fully saturated rings. The lowest BCUT2D eigenvalue weighted by Gasteiger charge is -2.21. The van der Waals surface area contributed by atoms with Gasteiger partial charge < -0.3 is 15.8 Å². The Bertz CT molecular complexity index is 439. The molecule has 0 bridgehead atoms. The van der Waals surface area contributed by atoms with Crippen molar-refractivity contribution in [3.8, 4) is 0 Å². The van der Waals surface area contributed by atoms with Crippen molar-refractivity contribution in [2.75, 3.05) is 13.6 Å². The quantitative estimate of drug-likeness (QED) is 0.374. The Morgan fingerprint density at radius 2 is 2.28 bits per heavy atom. The van der Waals surface area contributed by atoms with E-state index in [0.29, 0.717) is 23.7 Å². The molecule has 0 saturated carbocycles. The first-order valence-electron chi connectivity index (χ1n) is 5.54. The standard InChI is InChI=1S/C12H17ClFN3O/c1-8(12(15)16-18)6-17(2)7-9-5-10(14)3-4-11(9)13/h3-5,8,18H,6-7H2,1-2H3,(H2,15,16). The van der Waals surface area contributed by atoms with Crippen molar-refractivity contribution in [3.05, 3.63) is 34.6 Å². The fourth-order valence-electron chi connectivity index (χ4n) is 1.68. The first-order chi connectivity index (χ1) is 8.43. The molecule has 0 radical (unpaired) electrons. The summed E-state index contributed by atoms with van der Waals surface area (Å²) in [7, 11) is 1.86. The predicted molar refractivity (Wildman–Crippen MR) is 70.3 cm³/mol. The van der Waals surface area contributed by atoms with Crippen molar-refractivity contribution in [2.45, 2.75) is 13.5 Å². The zero-order chi connectivity index (χ0) is 13.7. The smallest absolute Gasteiger partial charge is 0.143 e. The van der Waals surface area contributed by atoms with Crippen molar-refractivity contribution in [2.24, 2.45) is 16.8 Å². The van der Waals surface area contributed by atoms with Crippen LogP contribution in [0.5, 0.6) is 0 Å². The zero-order valence-electron chi connectivity index (χ0n) is 10.4. The number of rotatable bonds is 5. The predicted octanol–water partition coefficient (Wildman–Crippen LogP) is 2.29. The summed E-state index contributed by atoms with van der Waals surface area (Å²) in [5, 5.41) is 12.1. The Hall–Kier alpha value is -1.33. The maximum atomic E-state index is 13.1. The van der Waals surface area contributed by atoms with Crippen LogP contribution in [-0.4, -0.2) is 29.5 Å². The van der Waals surface area contributed by atoms with Gasteiger partial charge in [0.05, 0.1) is 0 Å². The van der Waals surface area contributed by atoms with Gasteiger partial charge in [-0.2, -0.15) is 0 Å². The Labute approximate surface area is 111 Å². The second-order valence-electron chi connectivity index (χ2n) is 4.36. The van der Waals surface area contributed by atoms with E-state index >= 15 is 0 Å². The van der Waals surface area contributed by atoms with E-state index in [1.807, 2.05) is 18.9 Å². The van der Waals surface area contributed by atoms with Crippen molar-refractivity contribution in [3.63, 3.8) is 0 Å². The molecule has 1 atom stereocenters. The molecule has 100 valence electrons. The first kappa shape index (κ1) is 14.7. The molecule has 1 aromatic rings. The molecule has 0 aliphatic carbocycles. The number of hydrogen-bond donors (Lipinski definition) is 2. The summed E-state index contributed by atoms with van der Waals surface area (Å²) >= 11 is 5.98. The number of nitrogens with zero attached hydrogens (tertiary/aromatic N) is 2. The van der Waals surface area contributed by atoms with E-state index in [1.54, 1.807) is 0 Å². The molecule has 0 saturated heterocycles. The van der Waals surface area contributed by atoms with Gasteiger partial charge in [0.15, 0.2) is 0 Å². The average Bonchev–Trinajstić information content (AvgIpc) is 2.32. The second kappa shape index (κ2) is 6.56. The summed E-state index contributed by atoms with van der Waals surface area (Å²) in [6.07, 6.45) is 0. The molecule has 0 amide bonds. The SMILES string of the molecule is CC(CN(C)Cc1cc(F)ccc1Cl)/C(N)=N/O. The van der Waals surface area contributed by atoms with Crippen LogP contribution in [0, 0.1) is 11.7 Å². The number of benzene rings is 1. The van der Waals surface area contributed by atoms with Gasteiger partial charge in [-0.25, -0.2) is 4.39 Å². The highest BCUT2D eigenvalue weighted by atomic mass is 35.5. The van der Waals surface area contributed by atoms with E-state index in [0.717, 1.165) is 0 Å². The Morgan fingerprint density at radius 1 is 1.61 bits per heavy atom. The minimum atomic E-state index is -0.313. The van der Waals surface area contributed by atoms with Crippen molar-refractivity contribution in [1.29, 1.82) is 0 Å². The van der Waals surface area contributed by atoms with E-state index in [1.165, 1.54) is 18.2 Å². The molecule has 4 nitrogen and oxygen atoms in total. The summed E-state index contributed by atoms with van der Waals surface area (Å²) in [5.41, 5.74) is 6.21. The van der Waals surface area contributed by atoms with Gasteiger partial charge in [0.25, 0.3) is 0 Å². The minimum absolute atomic E-state index is 0.0904. The Balaban J connectivity index is 2.64. The third-order valence-electron chi connectivity index (χ3n) is 2.65. The highest BCUT2D eigenvalue weighted by Gasteiger charge is 2.12. The van der Waals surface area contributed by atoms with Crippen LogP contribution in [0.1, 0.15) is 12.5 Å². The van der Waals surface area contributed by atoms with Gasteiger partial charge in [-0.1, -0.05) is 23.7 Å².